The molecule has 6 nitrogen and oxygen atoms in total. The van der Waals surface area contributed by atoms with Gasteiger partial charge >= 0.3 is 6.03 Å². The molecule has 0 unspecified atom stereocenters. The molecule has 0 spiro atoms. The van der Waals surface area contributed by atoms with Crippen molar-refractivity contribution in [2.45, 2.75) is 0 Å². The second-order valence-electron chi connectivity index (χ2n) is 0.767. The average Bonchev–Trinajstić information content (AvgIpc) is 1.66. The average molecular weight is 136 g/mol. The van der Waals surface area contributed by atoms with Gasteiger partial charge in [0.2, 0.25) is 11.5 Å². The summed E-state index contributed by atoms with van der Waals surface area (Å²) in [5.41, 5.74) is 8.28. The maximum atomic E-state index is 9.75. The number of hydrogen-bond donors (Lipinski definition) is 3. The molecule has 0 aliphatic rings. The number of nitrogens with one attached hydrogen (secondary N) is 2. The maximum Gasteiger partial charge on any atom is 0.328 e. The van der Waals surface area contributed by atoms with Crippen LogP contribution in [0, 0.1) is 0 Å². The molecule has 7 heteroatoms. The van der Waals surface area contributed by atoms with Crippen molar-refractivity contribution in [2.24, 2.45) is 10.2 Å². The SMILES string of the molecule is NC(=O)NNN=S=O. The summed E-state index contributed by atoms with van der Waals surface area (Å²) in [6.45, 7) is 0. The fraction of sp³-hybridized carbons (Fsp3) is 0. The molecule has 46 valence electrons. The summed E-state index contributed by atoms with van der Waals surface area (Å²) in [6, 6.07) is -0.789. The van der Waals surface area contributed by atoms with E-state index in [0.29, 0.717) is 0 Å². The van der Waals surface area contributed by atoms with Crippen LogP contribution in [0.2, 0.25) is 0 Å². The zero-order valence-electron chi connectivity index (χ0n) is 3.75. The Hall–Kier alpha value is -0.950. The van der Waals surface area contributed by atoms with E-state index in [-0.39, 0.29) is 11.5 Å². The first kappa shape index (κ1) is 7.05. The van der Waals surface area contributed by atoms with Gasteiger partial charge < -0.3 is 5.73 Å². The van der Waals surface area contributed by atoms with E-state index in [0.717, 1.165) is 0 Å². The molecule has 0 aromatic carbocycles. The predicted octanol–water partition coefficient (Wildman–Crippen LogP) is -1.53. The van der Waals surface area contributed by atoms with Gasteiger partial charge in [0.25, 0.3) is 0 Å². The van der Waals surface area contributed by atoms with Crippen LogP contribution >= 0.6 is 0 Å². The fourth-order valence-corrected chi connectivity index (χ4v) is 0.179. The lowest BCUT2D eigenvalue weighted by atomic mass is 11.2. The van der Waals surface area contributed by atoms with Crippen LogP contribution in [0.5, 0.6) is 0 Å². The number of primary amides is 1. The lowest BCUT2D eigenvalue weighted by molar-refractivity contribution is 0.245. The number of nitrogens with zero attached hydrogens (tertiary/aromatic N) is 1. The van der Waals surface area contributed by atoms with Gasteiger partial charge in [-0.25, -0.2) is 4.79 Å². The number of rotatable bonds is 2. The largest absolute Gasteiger partial charge is 0.351 e. The van der Waals surface area contributed by atoms with E-state index in [1.165, 1.54) is 0 Å². The van der Waals surface area contributed by atoms with Gasteiger partial charge in [-0.1, -0.05) is 4.47 Å². The Morgan fingerprint density at radius 1 is 1.75 bits per heavy atom. The lowest BCUT2D eigenvalue weighted by Gasteiger charge is -1.90. The number of hydrazine groups is 1. The summed E-state index contributed by atoms with van der Waals surface area (Å²) in [4.78, 5) is 9.75. The highest BCUT2D eigenvalue weighted by Gasteiger charge is 1.82. The third-order valence-corrected chi connectivity index (χ3v) is 0.428. The molecule has 2 amide bonds. The van der Waals surface area contributed by atoms with Gasteiger partial charge in [0.05, 0.1) is 0 Å². The van der Waals surface area contributed by atoms with Crippen molar-refractivity contribution in [3.05, 3.63) is 0 Å². The first-order valence-electron chi connectivity index (χ1n) is 1.57. The topological polar surface area (TPSA) is 96.6 Å². The highest BCUT2D eigenvalue weighted by molar-refractivity contribution is 7.54. The van der Waals surface area contributed by atoms with Gasteiger partial charge in [0, 0.05) is 0 Å². The number of hydrogen-bond acceptors (Lipinski definition) is 3. The highest BCUT2D eigenvalue weighted by atomic mass is 32.1. The van der Waals surface area contributed by atoms with Crippen molar-refractivity contribution >= 4 is 17.5 Å². The number of amides is 2. The van der Waals surface area contributed by atoms with Gasteiger partial charge in [-0.15, -0.1) is 5.53 Å². The summed E-state index contributed by atoms with van der Waals surface area (Å²) in [7, 11) is 0. The number of carbonyl (C=O) groups excluding carboxylic acids is 1. The molecule has 8 heavy (non-hydrogen) atoms. The lowest BCUT2D eigenvalue weighted by Crippen LogP contribution is -2.37. The Morgan fingerprint density at radius 2 is 2.38 bits per heavy atom. The van der Waals surface area contributed by atoms with Crippen LogP contribution in [0.1, 0.15) is 0 Å². The molecule has 0 atom stereocenters. The first-order chi connectivity index (χ1) is 3.77. The molecule has 0 bridgehead atoms. The fourth-order valence-electron chi connectivity index (χ4n) is 0.0966. The summed E-state index contributed by atoms with van der Waals surface area (Å²) < 4.78 is 12.3. The van der Waals surface area contributed by atoms with Crippen molar-refractivity contribution in [2.75, 3.05) is 0 Å². The molecule has 0 radical (unpaired) electrons. The third-order valence-electron chi connectivity index (χ3n) is 0.262. The molecule has 0 saturated heterocycles. The predicted molar refractivity (Wildman–Crippen MR) is 26.4 cm³/mol. The van der Waals surface area contributed by atoms with Crippen LogP contribution in [0.3, 0.4) is 0 Å². The summed E-state index contributed by atoms with van der Waals surface area (Å²) >= 11 is -0.0628. The van der Waals surface area contributed by atoms with Crippen LogP contribution in [-0.4, -0.2) is 10.2 Å². The minimum atomic E-state index is -0.789. The molecular formula is CH4N4O2S. The first-order valence-corrected chi connectivity index (χ1v) is 2.26. The number of urea groups is 1. The van der Waals surface area contributed by atoms with E-state index < -0.39 is 6.03 Å². The van der Waals surface area contributed by atoms with Gasteiger partial charge in [-0.3, -0.25) is 5.43 Å². The molecule has 0 aromatic rings. The van der Waals surface area contributed by atoms with Gasteiger partial charge in [0.15, 0.2) is 0 Å². The molecule has 0 heterocycles. The van der Waals surface area contributed by atoms with Crippen LogP contribution in [-0.2, 0) is 11.5 Å². The number of carbonyl (C=O) groups is 1. The molecule has 0 aliphatic heterocycles. The molecule has 4 N–H and O–H groups in total. The molecular weight excluding hydrogens is 132 g/mol. The third kappa shape index (κ3) is 5.05. The summed E-state index contributed by atoms with van der Waals surface area (Å²) in [6.07, 6.45) is 0. The van der Waals surface area contributed by atoms with Crippen LogP contribution in [0.4, 0.5) is 4.79 Å². The van der Waals surface area contributed by atoms with E-state index in [4.69, 9.17) is 0 Å². The normalized spacial score (nSPS) is 7.50. The van der Waals surface area contributed by atoms with Crippen molar-refractivity contribution < 1.29 is 9.00 Å². The van der Waals surface area contributed by atoms with Gasteiger partial charge in [-0.2, -0.15) is 4.21 Å². The Balaban J connectivity index is 3.18. The van der Waals surface area contributed by atoms with Crippen LogP contribution < -0.4 is 16.7 Å². The second kappa shape index (κ2) is 4.22. The van der Waals surface area contributed by atoms with Gasteiger partial charge in [-0.05, 0) is 0 Å². The summed E-state index contributed by atoms with van der Waals surface area (Å²) in [5, 5.41) is 0. The molecule has 0 rings (SSSR count). The smallest absolute Gasteiger partial charge is 0.328 e. The van der Waals surface area contributed by atoms with Crippen molar-refractivity contribution in [3.63, 3.8) is 0 Å². The van der Waals surface area contributed by atoms with Crippen LogP contribution in [0.15, 0.2) is 4.47 Å². The maximum absolute atomic E-state index is 9.75. The van der Waals surface area contributed by atoms with E-state index in [2.05, 4.69) is 10.2 Å². The van der Waals surface area contributed by atoms with E-state index in [1.54, 1.807) is 0 Å². The monoisotopic (exact) mass is 136 g/mol. The second-order valence-corrected chi connectivity index (χ2v) is 1.10. The van der Waals surface area contributed by atoms with E-state index in [1.807, 2.05) is 11.0 Å². The van der Waals surface area contributed by atoms with Crippen molar-refractivity contribution in [3.8, 4) is 0 Å². The zero-order valence-corrected chi connectivity index (χ0v) is 4.57. The van der Waals surface area contributed by atoms with Crippen molar-refractivity contribution in [1.82, 2.24) is 11.0 Å². The summed E-state index contributed by atoms with van der Waals surface area (Å²) in [5.74, 6) is 0. The molecule has 0 aromatic heterocycles. The molecule has 0 saturated carbocycles. The minimum absolute atomic E-state index is 0.0628. The van der Waals surface area contributed by atoms with E-state index >= 15 is 0 Å². The number of nitrogens with two attached hydrogens (primary N) is 1. The standard InChI is InChI=1S/CH4N4O2S/c2-1(6)3-4-5-8-7/h4H,(H3,2,3,6). The Labute approximate surface area is 48.6 Å². The zero-order chi connectivity index (χ0) is 6.41. The minimum Gasteiger partial charge on any atom is -0.351 e. The highest BCUT2D eigenvalue weighted by Crippen LogP contribution is 1.47. The molecule has 0 aliphatic carbocycles. The van der Waals surface area contributed by atoms with E-state index in [9.17, 15) is 9.00 Å². The quantitative estimate of drug-likeness (QED) is 0.402. The Morgan fingerprint density at radius 3 is 2.75 bits per heavy atom. The van der Waals surface area contributed by atoms with Crippen molar-refractivity contribution in [1.29, 1.82) is 0 Å². The molecule has 0 fully saturated rings. The Bertz CT molecular complexity index is 126. The Kier molecular flexibility index (Phi) is 3.71. The van der Waals surface area contributed by atoms with Gasteiger partial charge in [0.1, 0.15) is 0 Å². The van der Waals surface area contributed by atoms with Crippen LogP contribution in [0.25, 0.3) is 0 Å².